The second-order valence-corrected chi connectivity index (χ2v) is 6.21. The fourth-order valence-corrected chi connectivity index (χ4v) is 2.64. The minimum atomic E-state index is -0.177. The average molecular weight is 231 g/mol. The van der Waals surface area contributed by atoms with Gasteiger partial charge in [-0.15, -0.1) is 0 Å². The van der Waals surface area contributed by atoms with Crippen molar-refractivity contribution in [1.82, 2.24) is 9.78 Å². The first-order valence-corrected chi connectivity index (χ1v) is 6.35. The van der Waals surface area contributed by atoms with Crippen molar-refractivity contribution in [3.63, 3.8) is 0 Å². The van der Waals surface area contributed by atoms with Gasteiger partial charge in [-0.25, -0.2) is 0 Å². The van der Waals surface area contributed by atoms with Crippen molar-refractivity contribution >= 4 is 0 Å². The smallest absolute Gasteiger partial charge is 0.0693 e. The van der Waals surface area contributed by atoms with E-state index in [2.05, 4.69) is 25.0 Å². The van der Waals surface area contributed by atoms with E-state index < -0.39 is 0 Å². The predicted molar refractivity (Wildman–Crippen MR) is 67.2 cm³/mol. The summed E-state index contributed by atoms with van der Waals surface area (Å²) in [5, 5.41) is 13.9. The number of hydrogen-bond donors (Lipinski definition) is 0. The average Bonchev–Trinajstić information content (AvgIpc) is 2.68. The first kappa shape index (κ1) is 12.2. The minimum absolute atomic E-state index is 0.177. The fraction of sp³-hybridized carbons (Fsp3) is 0.714. The van der Waals surface area contributed by atoms with Crippen LogP contribution in [0.15, 0.2) is 12.3 Å². The summed E-state index contributed by atoms with van der Waals surface area (Å²) >= 11 is 0. The lowest BCUT2D eigenvalue weighted by molar-refractivity contribution is 0.145. The lowest BCUT2D eigenvalue weighted by Gasteiger charge is -2.39. The number of hydrogen-bond acceptors (Lipinski definition) is 2. The van der Waals surface area contributed by atoms with Gasteiger partial charge in [0.15, 0.2) is 0 Å². The Hall–Kier alpha value is -1.30. The van der Waals surface area contributed by atoms with Crippen molar-refractivity contribution in [3.05, 3.63) is 18.0 Å². The molecule has 1 fully saturated rings. The van der Waals surface area contributed by atoms with Crippen LogP contribution in [-0.4, -0.2) is 9.78 Å². The van der Waals surface area contributed by atoms with Gasteiger partial charge in [0.25, 0.3) is 0 Å². The molecule has 3 heteroatoms. The maximum atomic E-state index is 9.50. The SMILES string of the molecule is Cn1ccc(CC2(C#N)CCC(C)(C)CC2)n1. The van der Waals surface area contributed by atoms with Crippen molar-refractivity contribution < 1.29 is 0 Å². The molecule has 1 aliphatic carbocycles. The van der Waals surface area contributed by atoms with Gasteiger partial charge in [0, 0.05) is 19.7 Å². The molecule has 1 aromatic heterocycles. The maximum Gasteiger partial charge on any atom is 0.0693 e. The quantitative estimate of drug-likeness (QED) is 0.785. The number of nitrogens with zero attached hydrogens (tertiary/aromatic N) is 3. The first-order chi connectivity index (χ1) is 7.95. The molecule has 1 heterocycles. The Morgan fingerprint density at radius 1 is 1.35 bits per heavy atom. The zero-order chi connectivity index (χ0) is 12.5. The second-order valence-electron chi connectivity index (χ2n) is 6.21. The van der Waals surface area contributed by atoms with Crippen molar-refractivity contribution in [2.45, 2.75) is 46.0 Å². The zero-order valence-corrected chi connectivity index (χ0v) is 11.0. The van der Waals surface area contributed by atoms with Crippen molar-refractivity contribution in [2.75, 3.05) is 0 Å². The Kier molecular flexibility index (Phi) is 2.99. The van der Waals surface area contributed by atoms with Crippen LogP contribution in [0.1, 0.15) is 45.2 Å². The molecule has 0 radical (unpaired) electrons. The monoisotopic (exact) mass is 231 g/mol. The van der Waals surface area contributed by atoms with Crippen LogP contribution in [0.2, 0.25) is 0 Å². The molecule has 2 rings (SSSR count). The summed E-state index contributed by atoms with van der Waals surface area (Å²) in [4.78, 5) is 0. The molecule has 0 atom stereocenters. The van der Waals surface area contributed by atoms with E-state index in [1.807, 2.05) is 24.0 Å². The maximum absolute atomic E-state index is 9.50. The van der Waals surface area contributed by atoms with Gasteiger partial charge < -0.3 is 0 Å². The zero-order valence-electron chi connectivity index (χ0n) is 11.0. The van der Waals surface area contributed by atoms with E-state index in [0.717, 1.165) is 37.8 Å². The van der Waals surface area contributed by atoms with E-state index in [1.165, 1.54) is 0 Å². The Balaban J connectivity index is 2.09. The largest absolute Gasteiger partial charge is 0.276 e. The summed E-state index contributed by atoms with van der Waals surface area (Å²) in [6.07, 6.45) is 7.06. The Morgan fingerprint density at radius 3 is 2.47 bits per heavy atom. The van der Waals surface area contributed by atoms with Gasteiger partial charge in [0.1, 0.15) is 0 Å². The van der Waals surface area contributed by atoms with Gasteiger partial charge in [-0.1, -0.05) is 13.8 Å². The van der Waals surface area contributed by atoms with Crippen LogP contribution < -0.4 is 0 Å². The molecule has 3 nitrogen and oxygen atoms in total. The molecule has 0 amide bonds. The van der Waals surface area contributed by atoms with E-state index in [4.69, 9.17) is 0 Å². The summed E-state index contributed by atoms with van der Waals surface area (Å²) in [7, 11) is 1.92. The Labute approximate surface area is 103 Å². The third kappa shape index (κ3) is 2.69. The molecule has 0 spiro atoms. The van der Waals surface area contributed by atoms with Crippen LogP contribution in [-0.2, 0) is 13.5 Å². The van der Waals surface area contributed by atoms with Gasteiger partial charge >= 0.3 is 0 Å². The molecule has 0 aromatic carbocycles. The highest BCUT2D eigenvalue weighted by Crippen LogP contribution is 2.46. The summed E-state index contributed by atoms with van der Waals surface area (Å²) < 4.78 is 1.81. The van der Waals surface area contributed by atoms with Crippen LogP contribution in [0.4, 0.5) is 0 Å². The molecule has 0 saturated heterocycles. The Morgan fingerprint density at radius 2 is 2.00 bits per heavy atom. The van der Waals surface area contributed by atoms with Crippen molar-refractivity contribution in [3.8, 4) is 6.07 Å². The number of aromatic nitrogens is 2. The van der Waals surface area contributed by atoms with Gasteiger partial charge in [-0.2, -0.15) is 10.4 Å². The topological polar surface area (TPSA) is 41.6 Å². The third-order valence-electron chi connectivity index (χ3n) is 4.09. The fourth-order valence-electron chi connectivity index (χ4n) is 2.64. The summed E-state index contributed by atoms with van der Waals surface area (Å²) in [5.74, 6) is 0. The number of nitriles is 1. The highest BCUT2D eigenvalue weighted by Gasteiger charge is 2.39. The lowest BCUT2D eigenvalue weighted by atomic mass is 9.64. The van der Waals surface area contributed by atoms with Crippen LogP contribution in [0.3, 0.4) is 0 Å². The second kappa shape index (κ2) is 4.18. The molecule has 0 unspecified atom stereocenters. The van der Waals surface area contributed by atoms with Crippen molar-refractivity contribution in [2.24, 2.45) is 17.9 Å². The third-order valence-corrected chi connectivity index (χ3v) is 4.09. The van der Waals surface area contributed by atoms with Crippen molar-refractivity contribution in [1.29, 1.82) is 5.26 Å². The molecule has 0 bridgehead atoms. The van der Waals surface area contributed by atoms with E-state index in [0.29, 0.717) is 5.41 Å². The highest BCUT2D eigenvalue weighted by atomic mass is 15.2. The molecule has 1 aromatic rings. The van der Waals surface area contributed by atoms with Gasteiger partial charge in [-0.3, -0.25) is 4.68 Å². The van der Waals surface area contributed by atoms with Gasteiger partial charge in [0.05, 0.1) is 17.2 Å². The molecular formula is C14H21N3. The van der Waals surface area contributed by atoms with Crippen LogP contribution >= 0.6 is 0 Å². The standard InChI is InChI=1S/C14H21N3/c1-13(2)5-7-14(11-15,8-6-13)10-12-4-9-17(3)16-12/h4,9H,5-8,10H2,1-3H3. The van der Waals surface area contributed by atoms with Crippen LogP contribution in [0.25, 0.3) is 0 Å². The van der Waals surface area contributed by atoms with Gasteiger partial charge in [0.2, 0.25) is 0 Å². The molecule has 0 aliphatic heterocycles. The summed E-state index contributed by atoms with van der Waals surface area (Å²) in [6.45, 7) is 4.60. The van der Waals surface area contributed by atoms with E-state index >= 15 is 0 Å². The summed E-state index contributed by atoms with van der Waals surface area (Å²) in [5.41, 5.74) is 1.28. The van der Waals surface area contributed by atoms with E-state index in [9.17, 15) is 5.26 Å². The minimum Gasteiger partial charge on any atom is -0.276 e. The molecule has 92 valence electrons. The molecule has 1 saturated carbocycles. The van der Waals surface area contributed by atoms with Crippen LogP contribution in [0, 0.1) is 22.2 Å². The lowest BCUT2D eigenvalue weighted by Crippen LogP contribution is -2.32. The Bertz CT molecular complexity index is 427. The molecule has 0 N–H and O–H groups in total. The highest BCUT2D eigenvalue weighted by molar-refractivity contribution is 5.11. The van der Waals surface area contributed by atoms with Crippen LogP contribution in [0.5, 0.6) is 0 Å². The van der Waals surface area contributed by atoms with Gasteiger partial charge in [-0.05, 0) is 37.2 Å². The molecule has 17 heavy (non-hydrogen) atoms. The predicted octanol–water partition coefficient (Wildman–Crippen LogP) is 3.07. The van der Waals surface area contributed by atoms with E-state index in [-0.39, 0.29) is 5.41 Å². The normalized spacial score (nSPS) is 22.0. The number of aryl methyl sites for hydroxylation is 1. The first-order valence-electron chi connectivity index (χ1n) is 6.35. The number of rotatable bonds is 2. The molecular weight excluding hydrogens is 210 g/mol. The van der Waals surface area contributed by atoms with E-state index in [1.54, 1.807) is 0 Å². The molecule has 1 aliphatic rings. The summed E-state index contributed by atoms with van der Waals surface area (Å²) in [6, 6.07) is 4.59.